The Morgan fingerprint density at radius 3 is 2.44 bits per heavy atom. The van der Waals surface area contributed by atoms with Gasteiger partial charge >= 0.3 is 0 Å². The van der Waals surface area contributed by atoms with Gasteiger partial charge in [-0.15, -0.1) is 0 Å². The third-order valence-corrected chi connectivity index (χ3v) is 3.51. The number of phenolic OH excluding ortho intramolecular Hbond substituents is 1. The number of ether oxygens (including phenoxy) is 2. The van der Waals surface area contributed by atoms with Crippen LogP contribution in [0.1, 0.15) is 18.4 Å². The summed E-state index contributed by atoms with van der Waals surface area (Å²) in [5.41, 5.74) is 6.37. The summed E-state index contributed by atoms with van der Waals surface area (Å²) in [5.74, 6) is 0.881. The number of benzene rings is 1. The molecule has 4 nitrogen and oxygen atoms in total. The minimum absolute atomic E-state index is 0.0636. The highest BCUT2D eigenvalue weighted by Crippen LogP contribution is 2.54. The zero-order chi connectivity index (χ0) is 11.9. The fourth-order valence-corrected chi connectivity index (χ4v) is 2.59. The lowest BCUT2D eigenvalue weighted by Crippen LogP contribution is -2.19. The summed E-state index contributed by atoms with van der Waals surface area (Å²) in [6, 6.07) is 1.76. The second kappa shape index (κ2) is 3.82. The van der Waals surface area contributed by atoms with E-state index in [1.165, 1.54) is 14.2 Å². The van der Waals surface area contributed by atoms with Gasteiger partial charge in [-0.2, -0.15) is 0 Å². The second-order valence-corrected chi connectivity index (χ2v) is 4.83. The molecule has 0 aliphatic heterocycles. The van der Waals surface area contributed by atoms with Crippen LogP contribution in [-0.4, -0.2) is 19.3 Å². The first-order chi connectivity index (χ1) is 7.53. The summed E-state index contributed by atoms with van der Waals surface area (Å²) in [6.45, 7) is 0. The SMILES string of the molecule is COc1cc(Br)c(C2(N)CC2)c(O)c1OC. The van der Waals surface area contributed by atoms with Crippen molar-refractivity contribution in [1.82, 2.24) is 0 Å². The number of nitrogens with two attached hydrogens (primary N) is 1. The number of aromatic hydroxyl groups is 1. The van der Waals surface area contributed by atoms with Crippen LogP contribution in [0.2, 0.25) is 0 Å². The van der Waals surface area contributed by atoms with Gasteiger partial charge in [0.25, 0.3) is 0 Å². The molecule has 0 saturated heterocycles. The summed E-state index contributed by atoms with van der Waals surface area (Å²) in [5, 5.41) is 10.1. The Morgan fingerprint density at radius 2 is 2.00 bits per heavy atom. The number of methoxy groups -OCH3 is 2. The van der Waals surface area contributed by atoms with Gasteiger partial charge in [-0.25, -0.2) is 0 Å². The average Bonchev–Trinajstić information content (AvgIpc) is 2.96. The molecular formula is C11H14BrNO3. The fraction of sp³-hybridized carbons (Fsp3) is 0.455. The molecule has 0 aromatic heterocycles. The highest BCUT2D eigenvalue weighted by Gasteiger charge is 2.44. The quantitative estimate of drug-likeness (QED) is 0.894. The smallest absolute Gasteiger partial charge is 0.203 e. The fourth-order valence-electron chi connectivity index (χ4n) is 1.80. The molecule has 0 spiro atoms. The molecule has 1 aromatic rings. The predicted molar refractivity (Wildman–Crippen MR) is 64.0 cm³/mol. The van der Waals surface area contributed by atoms with Crippen molar-refractivity contribution in [2.75, 3.05) is 14.2 Å². The molecule has 0 atom stereocenters. The van der Waals surface area contributed by atoms with Crippen LogP contribution in [0.4, 0.5) is 0 Å². The summed E-state index contributed by atoms with van der Waals surface area (Å²) in [6.07, 6.45) is 1.74. The van der Waals surface area contributed by atoms with E-state index in [9.17, 15) is 5.11 Å². The molecule has 0 heterocycles. The van der Waals surface area contributed by atoms with E-state index < -0.39 is 5.54 Å². The zero-order valence-electron chi connectivity index (χ0n) is 9.21. The highest BCUT2D eigenvalue weighted by molar-refractivity contribution is 9.10. The van der Waals surface area contributed by atoms with Crippen LogP contribution in [-0.2, 0) is 5.54 Å². The van der Waals surface area contributed by atoms with E-state index in [-0.39, 0.29) is 5.75 Å². The van der Waals surface area contributed by atoms with Crippen LogP contribution >= 0.6 is 15.9 Å². The summed E-state index contributed by atoms with van der Waals surface area (Å²) in [7, 11) is 3.02. The average molecular weight is 288 g/mol. The lowest BCUT2D eigenvalue weighted by atomic mass is 10.0. The molecular weight excluding hydrogens is 274 g/mol. The zero-order valence-corrected chi connectivity index (χ0v) is 10.8. The lowest BCUT2D eigenvalue weighted by molar-refractivity contribution is 0.329. The van der Waals surface area contributed by atoms with Crippen molar-refractivity contribution in [2.24, 2.45) is 5.73 Å². The third kappa shape index (κ3) is 1.64. The largest absolute Gasteiger partial charge is 0.504 e. The topological polar surface area (TPSA) is 64.7 Å². The molecule has 0 radical (unpaired) electrons. The number of rotatable bonds is 3. The molecule has 1 aromatic carbocycles. The van der Waals surface area contributed by atoms with E-state index in [4.69, 9.17) is 15.2 Å². The van der Waals surface area contributed by atoms with Gasteiger partial charge in [0.15, 0.2) is 11.5 Å². The van der Waals surface area contributed by atoms with E-state index in [1.807, 2.05) is 0 Å². The number of hydrogen-bond donors (Lipinski definition) is 2. The Balaban J connectivity index is 2.62. The van der Waals surface area contributed by atoms with Crippen molar-refractivity contribution in [3.05, 3.63) is 16.1 Å². The van der Waals surface area contributed by atoms with Gasteiger partial charge in [0.2, 0.25) is 5.75 Å². The Kier molecular flexibility index (Phi) is 2.75. The van der Waals surface area contributed by atoms with E-state index in [0.717, 1.165) is 17.3 Å². The molecule has 1 fully saturated rings. The predicted octanol–water partition coefficient (Wildman–Crippen LogP) is 2.12. The number of hydrogen-bond acceptors (Lipinski definition) is 4. The van der Waals surface area contributed by atoms with Gasteiger partial charge in [-0.3, -0.25) is 0 Å². The normalized spacial score (nSPS) is 17.0. The second-order valence-electron chi connectivity index (χ2n) is 3.97. The van der Waals surface area contributed by atoms with Crippen LogP contribution in [0, 0.1) is 0 Å². The molecule has 1 saturated carbocycles. The van der Waals surface area contributed by atoms with Crippen molar-refractivity contribution in [2.45, 2.75) is 18.4 Å². The van der Waals surface area contributed by atoms with Gasteiger partial charge in [0, 0.05) is 15.6 Å². The molecule has 88 valence electrons. The van der Waals surface area contributed by atoms with E-state index >= 15 is 0 Å². The highest BCUT2D eigenvalue weighted by atomic mass is 79.9. The molecule has 16 heavy (non-hydrogen) atoms. The Hall–Kier alpha value is -0.940. The molecule has 3 N–H and O–H groups in total. The standard InChI is InChI=1S/C11H14BrNO3/c1-15-7-5-6(12)8(11(13)3-4-11)9(14)10(7)16-2/h5,14H,3-4,13H2,1-2H3. The van der Waals surface area contributed by atoms with Crippen molar-refractivity contribution < 1.29 is 14.6 Å². The summed E-state index contributed by atoms with van der Waals surface area (Å²) >= 11 is 3.40. The van der Waals surface area contributed by atoms with E-state index in [1.54, 1.807) is 6.07 Å². The number of halogens is 1. The maximum atomic E-state index is 10.1. The molecule has 0 bridgehead atoms. The van der Waals surface area contributed by atoms with E-state index in [2.05, 4.69) is 15.9 Å². The first-order valence-corrected chi connectivity index (χ1v) is 5.75. The minimum atomic E-state index is -0.428. The molecule has 0 unspecified atom stereocenters. The molecule has 2 rings (SSSR count). The van der Waals surface area contributed by atoms with Crippen LogP contribution < -0.4 is 15.2 Å². The van der Waals surface area contributed by atoms with Crippen LogP contribution in [0.25, 0.3) is 0 Å². The van der Waals surface area contributed by atoms with Gasteiger partial charge in [0.1, 0.15) is 0 Å². The molecule has 1 aliphatic rings. The first-order valence-electron chi connectivity index (χ1n) is 4.96. The minimum Gasteiger partial charge on any atom is -0.504 e. The molecule has 1 aliphatic carbocycles. The van der Waals surface area contributed by atoms with Gasteiger partial charge in [0.05, 0.1) is 14.2 Å². The third-order valence-electron chi connectivity index (χ3n) is 2.88. The van der Waals surface area contributed by atoms with E-state index in [0.29, 0.717) is 17.1 Å². The van der Waals surface area contributed by atoms with Gasteiger partial charge in [-0.1, -0.05) is 15.9 Å². The van der Waals surface area contributed by atoms with Crippen molar-refractivity contribution in [3.8, 4) is 17.2 Å². The summed E-state index contributed by atoms with van der Waals surface area (Å²) in [4.78, 5) is 0. The maximum absolute atomic E-state index is 10.1. The van der Waals surface area contributed by atoms with Gasteiger partial charge in [-0.05, 0) is 18.9 Å². The van der Waals surface area contributed by atoms with Crippen molar-refractivity contribution in [1.29, 1.82) is 0 Å². The number of phenols is 1. The molecule has 0 amide bonds. The van der Waals surface area contributed by atoms with Crippen molar-refractivity contribution in [3.63, 3.8) is 0 Å². The Labute approximate surface area is 102 Å². The van der Waals surface area contributed by atoms with Crippen LogP contribution in [0.3, 0.4) is 0 Å². The lowest BCUT2D eigenvalue weighted by Gasteiger charge is -2.18. The van der Waals surface area contributed by atoms with Crippen LogP contribution in [0.15, 0.2) is 10.5 Å². The monoisotopic (exact) mass is 287 g/mol. The maximum Gasteiger partial charge on any atom is 0.203 e. The Bertz CT molecular complexity index is 430. The van der Waals surface area contributed by atoms with Gasteiger partial charge < -0.3 is 20.3 Å². The van der Waals surface area contributed by atoms with Crippen molar-refractivity contribution >= 4 is 15.9 Å². The van der Waals surface area contributed by atoms with Crippen LogP contribution in [0.5, 0.6) is 17.2 Å². The molecule has 5 heteroatoms. The Morgan fingerprint density at radius 1 is 1.38 bits per heavy atom. The first kappa shape index (κ1) is 11.5. The summed E-state index contributed by atoms with van der Waals surface area (Å²) < 4.78 is 11.0.